The van der Waals surface area contributed by atoms with Crippen LogP contribution in [-0.4, -0.2) is 43.7 Å². The van der Waals surface area contributed by atoms with Crippen LogP contribution in [0.3, 0.4) is 0 Å². The SMILES string of the molecule is NC(=O)C1OCCC1(NS(=O)(=O)c1ccc(Oc2ccc(F)cc2)cc1)C(=O)O. The van der Waals surface area contributed by atoms with E-state index in [-0.39, 0.29) is 23.7 Å². The average Bonchev–Trinajstić information content (AvgIpc) is 3.09. The number of aliphatic carboxylic acids is 1. The Kier molecular flexibility index (Phi) is 5.55. The fourth-order valence-corrected chi connectivity index (χ4v) is 4.32. The summed E-state index contributed by atoms with van der Waals surface area (Å²) in [6, 6.07) is 10.3. The van der Waals surface area contributed by atoms with Crippen LogP contribution in [0.15, 0.2) is 53.4 Å². The molecule has 2 aromatic rings. The molecule has 1 amide bonds. The predicted molar refractivity (Wildman–Crippen MR) is 97.2 cm³/mol. The molecule has 0 aliphatic carbocycles. The first kappa shape index (κ1) is 20.7. The second kappa shape index (κ2) is 7.78. The van der Waals surface area contributed by atoms with E-state index < -0.39 is 39.4 Å². The van der Waals surface area contributed by atoms with E-state index in [4.69, 9.17) is 15.2 Å². The lowest BCUT2D eigenvalue weighted by Gasteiger charge is -2.28. The average molecular weight is 424 g/mol. The molecule has 1 heterocycles. The van der Waals surface area contributed by atoms with Gasteiger partial charge in [-0.3, -0.25) is 9.59 Å². The van der Waals surface area contributed by atoms with Crippen LogP contribution < -0.4 is 15.2 Å². The maximum absolute atomic E-state index is 12.9. The Hall–Kier alpha value is -3.02. The van der Waals surface area contributed by atoms with Crippen molar-refractivity contribution in [1.82, 2.24) is 4.72 Å². The smallest absolute Gasteiger partial charge is 0.328 e. The molecule has 0 radical (unpaired) electrons. The third kappa shape index (κ3) is 4.21. The van der Waals surface area contributed by atoms with Gasteiger partial charge in [0.2, 0.25) is 15.9 Å². The minimum absolute atomic E-state index is 0.146. The van der Waals surface area contributed by atoms with Crippen molar-refractivity contribution in [2.45, 2.75) is 23.0 Å². The van der Waals surface area contributed by atoms with E-state index in [2.05, 4.69) is 4.72 Å². The molecular weight excluding hydrogens is 407 g/mol. The number of halogens is 1. The molecule has 29 heavy (non-hydrogen) atoms. The first-order valence-corrected chi connectivity index (χ1v) is 9.84. The summed E-state index contributed by atoms with van der Waals surface area (Å²) in [7, 11) is -4.33. The molecule has 3 rings (SSSR count). The van der Waals surface area contributed by atoms with E-state index in [9.17, 15) is 27.5 Å². The molecule has 4 N–H and O–H groups in total. The van der Waals surface area contributed by atoms with E-state index in [1.807, 2.05) is 0 Å². The summed E-state index contributed by atoms with van der Waals surface area (Å²) in [5.74, 6) is -2.46. The van der Waals surface area contributed by atoms with Gasteiger partial charge in [0.15, 0.2) is 11.6 Å². The second-order valence-electron chi connectivity index (χ2n) is 6.31. The van der Waals surface area contributed by atoms with Crippen LogP contribution in [0.4, 0.5) is 4.39 Å². The van der Waals surface area contributed by atoms with E-state index in [1.165, 1.54) is 48.5 Å². The van der Waals surface area contributed by atoms with Crippen molar-refractivity contribution in [3.05, 3.63) is 54.3 Å². The monoisotopic (exact) mass is 424 g/mol. The topological polar surface area (TPSA) is 145 Å². The number of hydrogen-bond donors (Lipinski definition) is 3. The molecule has 0 aromatic heterocycles. The van der Waals surface area contributed by atoms with E-state index in [0.29, 0.717) is 5.75 Å². The normalized spacial score (nSPS) is 21.6. The summed E-state index contributed by atoms with van der Waals surface area (Å²) in [4.78, 5) is 23.1. The van der Waals surface area contributed by atoms with Gasteiger partial charge in [-0.25, -0.2) is 12.8 Å². The number of carbonyl (C=O) groups is 2. The summed E-state index contributed by atoms with van der Waals surface area (Å²) in [5, 5.41) is 9.56. The van der Waals surface area contributed by atoms with Crippen molar-refractivity contribution >= 4 is 21.9 Å². The number of carboxylic acid groups (broad SMARTS) is 1. The van der Waals surface area contributed by atoms with Gasteiger partial charge in [-0.15, -0.1) is 0 Å². The van der Waals surface area contributed by atoms with Gasteiger partial charge in [0.05, 0.1) is 11.5 Å². The molecule has 9 nitrogen and oxygen atoms in total. The van der Waals surface area contributed by atoms with Crippen LogP contribution in [0, 0.1) is 5.82 Å². The van der Waals surface area contributed by atoms with Crippen molar-refractivity contribution in [2.75, 3.05) is 6.61 Å². The number of ether oxygens (including phenoxy) is 2. The van der Waals surface area contributed by atoms with Crippen molar-refractivity contribution < 1.29 is 37.0 Å². The molecule has 0 bridgehead atoms. The molecule has 1 saturated heterocycles. The number of carbonyl (C=O) groups excluding carboxylic acids is 1. The number of nitrogens with two attached hydrogens (primary N) is 1. The van der Waals surface area contributed by atoms with Crippen molar-refractivity contribution in [2.24, 2.45) is 5.73 Å². The highest BCUT2D eigenvalue weighted by Gasteiger charge is 2.56. The number of nitrogens with one attached hydrogen (secondary N) is 1. The molecule has 1 fully saturated rings. The fourth-order valence-electron chi connectivity index (χ4n) is 2.93. The summed E-state index contributed by atoms with van der Waals surface area (Å²) in [5.41, 5.74) is 2.97. The van der Waals surface area contributed by atoms with Gasteiger partial charge in [0.25, 0.3) is 0 Å². The molecule has 11 heteroatoms. The van der Waals surface area contributed by atoms with Crippen LogP contribution in [0.25, 0.3) is 0 Å². The van der Waals surface area contributed by atoms with Gasteiger partial charge in [-0.05, 0) is 48.5 Å². The summed E-state index contributed by atoms with van der Waals surface area (Å²) >= 11 is 0. The van der Waals surface area contributed by atoms with E-state index in [0.717, 1.165) is 0 Å². The van der Waals surface area contributed by atoms with Gasteiger partial charge in [-0.1, -0.05) is 0 Å². The summed E-state index contributed by atoms with van der Waals surface area (Å²) in [6.45, 7) is -0.146. The number of primary amides is 1. The molecule has 154 valence electrons. The zero-order chi connectivity index (χ0) is 21.2. The van der Waals surface area contributed by atoms with Crippen LogP contribution in [0.1, 0.15) is 6.42 Å². The van der Waals surface area contributed by atoms with Gasteiger partial charge >= 0.3 is 5.97 Å². The first-order valence-electron chi connectivity index (χ1n) is 8.36. The molecule has 2 unspecified atom stereocenters. The van der Waals surface area contributed by atoms with Crippen LogP contribution in [0.5, 0.6) is 11.5 Å². The molecular formula is C18H17FN2O7S. The number of carboxylic acids is 1. The van der Waals surface area contributed by atoms with Crippen LogP contribution in [-0.2, 0) is 24.3 Å². The Morgan fingerprint density at radius 2 is 1.69 bits per heavy atom. The lowest BCUT2D eigenvalue weighted by Crippen LogP contribution is -2.62. The number of hydrogen-bond acceptors (Lipinski definition) is 6. The highest BCUT2D eigenvalue weighted by Crippen LogP contribution is 2.29. The Balaban J connectivity index is 1.82. The third-order valence-electron chi connectivity index (χ3n) is 4.37. The number of rotatable bonds is 7. The van der Waals surface area contributed by atoms with Crippen LogP contribution in [0.2, 0.25) is 0 Å². The maximum atomic E-state index is 12.9. The van der Waals surface area contributed by atoms with Crippen molar-refractivity contribution in [3.8, 4) is 11.5 Å². The van der Waals surface area contributed by atoms with E-state index in [1.54, 1.807) is 0 Å². The maximum Gasteiger partial charge on any atom is 0.328 e. The number of amides is 1. The lowest BCUT2D eigenvalue weighted by atomic mass is 9.92. The number of benzene rings is 2. The van der Waals surface area contributed by atoms with Crippen molar-refractivity contribution in [3.63, 3.8) is 0 Å². The zero-order valence-corrected chi connectivity index (χ0v) is 15.7. The van der Waals surface area contributed by atoms with Gasteiger partial charge in [-0.2, -0.15) is 4.72 Å². The molecule has 2 atom stereocenters. The Bertz CT molecular complexity index is 1030. The molecule has 1 aliphatic heterocycles. The standard InChI is InChI=1S/C18H17FN2O7S/c19-11-1-3-12(4-2-11)28-13-5-7-14(8-6-13)29(25,26)21-18(17(23)24)9-10-27-15(18)16(20)22/h1-8,15,21H,9-10H2,(H2,20,22)(H,23,24). The zero-order valence-electron chi connectivity index (χ0n) is 14.9. The minimum Gasteiger partial charge on any atom is -0.480 e. The first-order chi connectivity index (χ1) is 13.6. The Labute approximate surface area is 165 Å². The minimum atomic E-state index is -4.33. The number of sulfonamides is 1. The second-order valence-corrected chi connectivity index (χ2v) is 7.99. The Morgan fingerprint density at radius 3 is 2.21 bits per heavy atom. The molecule has 1 aliphatic rings. The van der Waals surface area contributed by atoms with Crippen LogP contribution >= 0.6 is 0 Å². The quantitative estimate of drug-likeness (QED) is 0.601. The third-order valence-corrected chi connectivity index (χ3v) is 5.89. The van der Waals surface area contributed by atoms with E-state index >= 15 is 0 Å². The summed E-state index contributed by atoms with van der Waals surface area (Å²) in [6.07, 6.45) is -1.91. The summed E-state index contributed by atoms with van der Waals surface area (Å²) < 4.78 is 50.9. The lowest BCUT2D eigenvalue weighted by molar-refractivity contribution is -0.150. The fraction of sp³-hybridized carbons (Fsp3) is 0.222. The predicted octanol–water partition coefficient (Wildman–Crippen LogP) is 0.994. The largest absolute Gasteiger partial charge is 0.480 e. The highest BCUT2D eigenvalue weighted by atomic mass is 32.2. The van der Waals surface area contributed by atoms with Crippen molar-refractivity contribution in [1.29, 1.82) is 0 Å². The molecule has 0 saturated carbocycles. The highest BCUT2D eigenvalue weighted by molar-refractivity contribution is 7.89. The molecule has 2 aromatic carbocycles. The van der Waals surface area contributed by atoms with Gasteiger partial charge in [0, 0.05) is 6.42 Å². The van der Waals surface area contributed by atoms with Gasteiger partial charge in [0.1, 0.15) is 17.3 Å². The van der Waals surface area contributed by atoms with Gasteiger partial charge < -0.3 is 20.3 Å². The Morgan fingerprint density at radius 1 is 1.14 bits per heavy atom. The molecule has 0 spiro atoms.